The zero-order valence-electron chi connectivity index (χ0n) is 7.73. The van der Waals surface area contributed by atoms with Crippen molar-refractivity contribution >= 4 is 17.3 Å². The molecule has 0 bridgehead atoms. The molecule has 0 saturated carbocycles. The molecule has 1 aromatic heterocycles. The highest BCUT2D eigenvalue weighted by Crippen LogP contribution is 2.36. The molecule has 1 aromatic rings. The maximum absolute atomic E-state index is 11.3. The van der Waals surface area contributed by atoms with E-state index in [4.69, 9.17) is 4.74 Å². The van der Waals surface area contributed by atoms with Crippen LogP contribution in [0.3, 0.4) is 0 Å². The van der Waals surface area contributed by atoms with Gasteiger partial charge in [-0.05, 0) is 35.2 Å². The third kappa shape index (κ3) is 1.44. The van der Waals surface area contributed by atoms with Crippen LogP contribution in [0, 0.1) is 0 Å². The summed E-state index contributed by atoms with van der Waals surface area (Å²) in [7, 11) is 0. The van der Waals surface area contributed by atoms with Gasteiger partial charge in [-0.2, -0.15) is 11.3 Å². The third-order valence-corrected chi connectivity index (χ3v) is 3.51. The van der Waals surface area contributed by atoms with Crippen LogP contribution in [0.15, 0.2) is 16.8 Å². The summed E-state index contributed by atoms with van der Waals surface area (Å²) in [4.78, 5) is 11.3. The molecule has 0 unspecified atom stereocenters. The van der Waals surface area contributed by atoms with Crippen molar-refractivity contribution < 1.29 is 14.6 Å². The zero-order valence-corrected chi connectivity index (χ0v) is 8.55. The smallest absolute Gasteiger partial charge is 0.314 e. The van der Waals surface area contributed by atoms with Crippen LogP contribution in [0.4, 0.5) is 0 Å². The summed E-state index contributed by atoms with van der Waals surface area (Å²) in [6.45, 7) is 1.09. The van der Waals surface area contributed by atoms with Gasteiger partial charge in [0, 0.05) is 13.2 Å². The lowest BCUT2D eigenvalue weighted by molar-refractivity contribution is -0.147. The second kappa shape index (κ2) is 3.71. The van der Waals surface area contributed by atoms with E-state index in [0.717, 1.165) is 5.56 Å². The van der Waals surface area contributed by atoms with Crippen molar-refractivity contribution in [3.63, 3.8) is 0 Å². The van der Waals surface area contributed by atoms with E-state index in [1.165, 1.54) is 0 Å². The first-order chi connectivity index (χ1) is 6.76. The van der Waals surface area contributed by atoms with Gasteiger partial charge in [0.25, 0.3) is 0 Å². The summed E-state index contributed by atoms with van der Waals surface area (Å²) in [6, 6.07) is 1.91. The fourth-order valence-electron chi connectivity index (χ4n) is 1.88. The van der Waals surface area contributed by atoms with Crippen molar-refractivity contribution in [3.05, 3.63) is 22.4 Å². The van der Waals surface area contributed by atoms with Gasteiger partial charge in [-0.15, -0.1) is 0 Å². The van der Waals surface area contributed by atoms with Crippen molar-refractivity contribution in [3.8, 4) is 0 Å². The normalized spacial score (nSPS) is 20.6. The van der Waals surface area contributed by atoms with Gasteiger partial charge in [0.2, 0.25) is 0 Å². The fourth-order valence-corrected chi connectivity index (χ4v) is 2.64. The summed E-state index contributed by atoms with van der Waals surface area (Å²) < 4.78 is 5.21. The average molecular weight is 212 g/mol. The average Bonchev–Trinajstić information content (AvgIpc) is 2.72. The van der Waals surface area contributed by atoms with Gasteiger partial charge in [-0.1, -0.05) is 0 Å². The molecule has 1 aliphatic rings. The molecule has 3 nitrogen and oxygen atoms in total. The molecular formula is C10H12O3S. The molecule has 14 heavy (non-hydrogen) atoms. The molecule has 0 radical (unpaired) electrons. The molecule has 76 valence electrons. The number of thiophene rings is 1. The largest absolute Gasteiger partial charge is 0.481 e. The Morgan fingerprint density at radius 2 is 2.21 bits per heavy atom. The number of ether oxygens (including phenoxy) is 1. The van der Waals surface area contributed by atoms with Gasteiger partial charge in [-0.25, -0.2) is 0 Å². The molecule has 0 aliphatic carbocycles. The van der Waals surface area contributed by atoms with E-state index in [1.54, 1.807) is 11.3 Å². The van der Waals surface area contributed by atoms with Crippen molar-refractivity contribution in [1.29, 1.82) is 0 Å². The number of hydrogen-bond donors (Lipinski definition) is 1. The van der Waals surface area contributed by atoms with Gasteiger partial charge >= 0.3 is 5.97 Å². The van der Waals surface area contributed by atoms with E-state index in [9.17, 15) is 9.90 Å². The lowest BCUT2D eigenvalue weighted by atomic mass is 9.75. The topological polar surface area (TPSA) is 46.5 Å². The van der Waals surface area contributed by atoms with Gasteiger partial charge in [0.15, 0.2) is 0 Å². The first kappa shape index (κ1) is 9.68. The molecule has 1 N–H and O–H groups in total. The molecule has 4 heteroatoms. The van der Waals surface area contributed by atoms with Crippen molar-refractivity contribution in [2.75, 3.05) is 13.2 Å². The van der Waals surface area contributed by atoms with Crippen LogP contribution < -0.4 is 0 Å². The third-order valence-electron chi connectivity index (χ3n) is 2.83. The molecule has 2 heterocycles. The van der Waals surface area contributed by atoms with Gasteiger partial charge in [0.05, 0.1) is 5.41 Å². The number of aliphatic carboxylic acids is 1. The molecule has 0 amide bonds. The number of rotatable bonds is 2. The lowest BCUT2D eigenvalue weighted by Gasteiger charge is -2.32. The minimum absolute atomic E-state index is 0.544. The minimum Gasteiger partial charge on any atom is -0.481 e. The molecule has 1 saturated heterocycles. The number of hydrogen-bond acceptors (Lipinski definition) is 3. The maximum atomic E-state index is 11.3. The summed E-state index contributed by atoms with van der Waals surface area (Å²) in [6.07, 6.45) is 1.16. The first-order valence-corrected chi connectivity index (χ1v) is 5.54. The standard InChI is InChI=1S/C10H12O3S/c11-9(12)10(2-4-13-5-3-10)8-1-6-14-7-8/h1,6-7H,2-5H2,(H,11,12). The molecular weight excluding hydrogens is 200 g/mol. The highest BCUT2D eigenvalue weighted by molar-refractivity contribution is 7.08. The van der Waals surface area contributed by atoms with Crippen LogP contribution >= 0.6 is 11.3 Å². The molecule has 0 spiro atoms. The fraction of sp³-hybridized carbons (Fsp3) is 0.500. The van der Waals surface area contributed by atoms with E-state index >= 15 is 0 Å². The monoisotopic (exact) mass is 212 g/mol. The van der Waals surface area contributed by atoms with Crippen LogP contribution in [-0.4, -0.2) is 24.3 Å². The van der Waals surface area contributed by atoms with E-state index < -0.39 is 11.4 Å². The Bertz CT molecular complexity index is 312. The second-order valence-electron chi connectivity index (χ2n) is 3.51. The Morgan fingerprint density at radius 1 is 1.50 bits per heavy atom. The number of carboxylic acids is 1. The Morgan fingerprint density at radius 3 is 2.71 bits per heavy atom. The molecule has 1 aliphatic heterocycles. The molecule has 0 aromatic carbocycles. The number of carboxylic acid groups (broad SMARTS) is 1. The van der Waals surface area contributed by atoms with Gasteiger partial charge in [0.1, 0.15) is 0 Å². The first-order valence-electron chi connectivity index (χ1n) is 4.59. The Balaban J connectivity index is 2.35. The van der Waals surface area contributed by atoms with Gasteiger partial charge < -0.3 is 9.84 Å². The Kier molecular flexibility index (Phi) is 2.56. The predicted octanol–water partition coefficient (Wildman–Crippen LogP) is 1.88. The van der Waals surface area contributed by atoms with Crippen LogP contribution in [0.25, 0.3) is 0 Å². The van der Waals surface area contributed by atoms with Crippen molar-refractivity contribution in [2.24, 2.45) is 0 Å². The van der Waals surface area contributed by atoms with E-state index in [-0.39, 0.29) is 0 Å². The summed E-state index contributed by atoms with van der Waals surface area (Å²) in [5.41, 5.74) is 0.233. The predicted molar refractivity (Wildman–Crippen MR) is 53.7 cm³/mol. The van der Waals surface area contributed by atoms with Crippen LogP contribution in [0.5, 0.6) is 0 Å². The lowest BCUT2D eigenvalue weighted by Crippen LogP contribution is -2.40. The van der Waals surface area contributed by atoms with Crippen LogP contribution in [0.1, 0.15) is 18.4 Å². The zero-order chi connectivity index (χ0) is 10.0. The molecule has 2 rings (SSSR count). The Hall–Kier alpha value is -0.870. The summed E-state index contributed by atoms with van der Waals surface area (Å²) in [5.74, 6) is -0.723. The van der Waals surface area contributed by atoms with Crippen molar-refractivity contribution in [2.45, 2.75) is 18.3 Å². The number of carbonyl (C=O) groups is 1. The van der Waals surface area contributed by atoms with E-state index in [1.807, 2.05) is 16.8 Å². The molecule has 1 fully saturated rings. The van der Waals surface area contributed by atoms with E-state index in [2.05, 4.69) is 0 Å². The van der Waals surface area contributed by atoms with Gasteiger partial charge in [-0.3, -0.25) is 4.79 Å². The molecule has 0 atom stereocenters. The maximum Gasteiger partial charge on any atom is 0.314 e. The second-order valence-corrected chi connectivity index (χ2v) is 4.29. The van der Waals surface area contributed by atoms with E-state index in [0.29, 0.717) is 26.1 Å². The highest BCUT2D eigenvalue weighted by Gasteiger charge is 2.41. The Labute approximate surface area is 86.3 Å². The minimum atomic E-state index is -0.723. The quantitative estimate of drug-likeness (QED) is 0.814. The van der Waals surface area contributed by atoms with Crippen molar-refractivity contribution in [1.82, 2.24) is 0 Å². The van der Waals surface area contributed by atoms with Crippen LogP contribution in [-0.2, 0) is 14.9 Å². The highest BCUT2D eigenvalue weighted by atomic mass is 32.1. The van der Waals surface area contributed by atoms with Crippen LogP contribution in [0.2, 0.25) is 0 Å². The SMILES string of the molecule is O=C(O)C1(c2ccsc2)CCOCC1. The summed E-state index contributed by atoms with van der Waals surface area (Å²) in [5, 5.41) is 13.2. The summed E-state index contributed by atoms with van der Waals surface area (Å²) >= 11 is 1.55.